The summed E-state index contributed by atoms with van der Waals surface area (Å²) in [5.41, 5.74) is 6.48. The molecule has 18 heavy (non-hydrogen) atoms. The number of ether oxygens (including phenoxy) is 1. The molecule has 0 aliphatic heterocycles. The first kappa shape index (κ1) is 12.9. The maximum absolute atomic E-state index is 6.23. The van der Waals surface area contributed by atoms with E-state index in [1.54, 1.807) is 0 Å². The molecule has 0 aromatic heterocycles. The Kier molecular flexibility index (Phi) is 3.45. The second kappa shape index (κ2) is 4.80. The van der Waals surface area contributed by atoms with Crippen molar-refractivity contribution in [2.75, 3.05) is 0 Å². The molecule has 0 amide bonds. The van der Waals surface area contributed by atoms with Gasteiger partial charge in [-0.2, -0.15) is 0 Å². The van der Waals surface area contributed by atoms with Gasteiger partial charge in [0.25, 0.3) is 0 Å². The predicted octanol–water partition coefficient (Wildman–Crippen LogP) is 4.25. The molecule has 2 saturated carbocycles. The summed E-state index contributed by atoms with van der Waals surface area (Å²) in [6.45, 7) is 0. The maximum Gasteiger partial charge on any atom is 0.134 e. The summed E-state index contributed by atoms with van der Waals surface area (Å²) in [6, 6.07) is 6.38. The summed E-state index contributed by atoms with van der Waals surface area (Å²) in [4.78, 5) is 0. The van der Waals surface area contributed by atoms with Gasteiger partial charge in [-0.3, -0.25) is 0 Å². The fourth-order valence-corrected chi connectivity index (χ4v) is 4.53. The van der Waals surface area contributed by atoms with Crippen LogP contribution in [0.1, 0.15) is 32.1 Å². The van der Waals surface area contributed by atoms with E-state index in [1.165, 1.54) is 25.7 Å². The zero-order chi connectivity index (χ0) is 12.8. The summed E-state index contributed by atoms with van der Waals surface area (Å²) in [5.74, 6) is 0.932. The van der Waals surface area contributed by atoms with E-state index in [0.29, 0.717) is 12.1 Å². The average Bonchev–Trinajstić information content (AvgIpc) is 2.83. The molecule has 98 valence electrons. The van der Waals surface area contributed by atoms with E-state index in [-0.39, 0.29) is 5.41 Å². The van der Waals surface area contributed by atoms with Gasteiger partial charge in [-0.1, -0.05) is 28.8 Å². The topological polar surface area (TPSA) is 35.2 Å². The van der Waals surface area contributed by atoms with Crippen LogP contribution < -0.4 is 10.5 Å². The van der Waals surface area contributed by atoms with Crippen LogP contribution in [-0.4, -0.2) is 12.1 Å². The van der Waals surface area contributed by atoms with Gasteiger partial charge in [0.2, 0.25) is 0 Å². The van der Waals surface area contributed by atoms with Crippen LogP contribution in [0.3, 0.4) is 0 Å². The molecule has 4 heteroatoms. The Bertz CT molecular complexity index is 457. The molecule has 1 aromatic carbocycles. The molecule has 2 unspecified atom stereocenters. The summed E-state index contributed by atoms with van der Waals surface area (Å²) in [7, 11) is 0. The third kappa shape index (κ3) is 2.02. The molecule has 0 heterocycles. The summed E-state index contributed by atoms with van der Waals surface area (Å²) in [5, 5.41) is 0. The van der Waals surface area contributed by atoms with Gasteiger partial charge >= 0.3 is 0 Å². The second-order valence-electron chi connectivity index (χ2n) is 5.46. The van der Waals surface area contributed by atoms with Gasteiger partial charge in [-0.25, -0.2) is 0 Å². The molecule has 2 nitrogen and oxygen atoms in total. The van der Waals surface area contributed by atoms with Gasteiger partial charge < -0.3 is 10.5 Å². The van der Waals surface area contributed by atoms with E-state index in [0.717, 1.165) is 21.1 Å². The van der Waals surface area contributed by atoms with Gasteiger partial charge in [0, 0.05) is 22.4 Å². The largest absolute Gasteiger partial charge is 0.489 e. The van der Waals surface area contributed by atoms with Crippen LogP contribution in [0.25, 0.3) is 0 Å². The normalized spacial score (nSPS) is 29.3. The molecule has 0 bridgehead atoms. The number of hydrogen-bond acceptors (Lipinski definition) is 2. The van der Waals surface area contributed by atoms with Crippen LogP contribution in [0.5, 0.6) is 5.75 Å². The lowest BCUT2D eigenvalue weighted by Gasteiger charge is -2.52. The fraction of sp³-hybridized carbons (Fsp3) is 0.571. The Morgan fingerprint density at radius 2 is 1.94 bits per heavy atom. The molecule has 2 N–H and O–H groups in total. The van der Waals surface area contributed by atoms with Crippen molar-refractivity contribution in [3.8, 4) is 5.75 Å². The highest BCUT2D eigenvalue weighted by Crippen LogP contribution is 2.54. The molecular formula is C14H17Br2NO. The fourth-order valence-electron chi connectivity index (χ4n) is 3.39. The smallest absolute Gasteiger partial charge is 0.134 e. The van der Waals surface area contributed by atoms with Crippen molar-refractivity contribution >= 4 is 31.9 Å². The van der Waals surface area contributed by atoms with E-state index in [1.807, 2.05) is 18.2 Å². The van der Waals surface area contributed by atoms with Crippen molar-refractivity contribution < 1.29 is 4.74 Å². The lowest BCUT2D eigenvalue weighted by Crippen LogP contribution is -2.62. The molecule has 2 aliphatic rings. The van der Waals surface area contributed by atoms with Crippen molar-refractivity contribution in [1.82, 2.24) is 0 Å². The average molecular weight is 375 g/mol. The molecular weight excluding hydrogens is 358 g/mol. The van der Waals surface area contributed by atoms with E-state index in [9.17, 15) is 0 Å². The Morgan fingerprint density at radius 1 is 1.22 bits per heavy atom. The van der Waals surface area contributed by atoms with Crippen LogP contribution in [0.2, 0.25) is 0 Å². The SMILES string of the molecule is NC1CC(Oc2ccc(Br)cc2Br)C12CCCC2. The van der Waals surface area contributed by atoms with Crippen LogP contribution in [0.4, 0.5) is 0 Å². The van der Waals surface area contributed by atoms with Crippen LogP contribution in [0, 0.1) is 5.41 Å². The molecule has 0 radical (unpaired) electrons. The monoisotopic (exact) mass is 373 g/mol. The molecule has 2 atom stereocenters. The highest BCUT2D eigenvalue weighted by molar-refractivity contribution is 9.11. The quantitative estimate of drug-likeness (QED) is 0.839. The number of rotatable bonds is 2. The minimum Gasteiger partial charge on any atom is -0.489 e. The standard InChI is InChI=1S/C14H17Br2NO/c15-9-3-4-11(10(16)7-9)18-13-8-12(17)14(13)5-1-2-6-14/h3-4,7,12-13H,1-2,5-6,8,17H2. The molecule has 0 saturated heterocycles. The lowest BCUT2D eigenvalue weighted by molar-refractivity contribution is -0.0623. The Balaban J connectivity index is 1.77. The number of halogens is 2. The Morgan fingerprint density at radius 3 is 2.56 bits per heavy atom. The lowest BCUT2D eigenvalue weighted by atomic mass is 9.61. The Hall–Kier alpha value is -0.0600. The van der Waals surface area contributed by atoms with E-state index < -0.39 is 0 Å². The Labute approximate surface area is 125 Å². The van der Waals surface area contributed by atoms with E-state index in [4.69, 9.17) is 10.5 Å². The number of nitrogens with two attached hydrogens (primary N) is 1. The summed E-state index contributed by atoms with van der Waals surface area (Å²) >= 11 is 7.01. The first-order valence-electron chi connectivity index (χ1n) is 6.49. The molecule has 1 spiro atoms. The van der Waals surface area contributed by atoms with Crippen molar-refractivity contribution in [2.24, 2.45) is 11.1 Å². The zero-order valence-electron chi connectivity index (χ0n) is 10.2. The molecule has 2 fully saturated rings. The van der Waals surface area contributed by atoms with Crippen molar-refractivity contribution in [2.45, 2.75) is 44.2 Å². The highest BCUT2D eigenvalue weighted by Gasteiger charge is 2.56. The van der Waals surface area contributed by atoms with Gasteiger partial charge in [0.05, 0.1) is 4.47 Å². The molecule has 2 aliphatic carbocycles. The number of benzene rings is 1. The van der Waals surface area contributed by atoms with Crippen LogP contribution in [0.15, 0.2) is 27.1 Å². The third-order valence-corrected chi connectivity index (χ3v) is 5.66. The van der Waals surface area contributed by atoms with Gasteiger partial charge in [0.15, 0.2) is 0 Å². The van der Waals surface area contributed by atoms with Crippen LogP contribution >= 0.6 is 31.9 Å². The minimum absolute atomic E-state index is 0.256. The molecule has 1 aromatic rings. The van der Waals surface area contributed by atoms with Gasteiger partial charge in [0.1, 0.15) is 11.9 Å². The van der Waals surface area contributed by atoms with Crippen LogP contribution in [-0.2, 0) is 0 Å². The van der Waals surface area contributed by atoms with Crippen molar-refractivity contribution in [3.05, 3.63) is 27.1 Å². The molecule has 3 rings (SSSR count). The van der Waals surface area contributed by atoms with Crippen molar-refractivity contribution in [3.63, 3.8) is 0 Å². The van der Waals surface area contributed by atoms with E-state index >= 15 is 0 Å². The van der Waals surface area contributed by atoms with Gasteiger partial charge in [-0.05, 0) is 47.0 Å². The first-order chi connectivity index (χ1) is 8.62. The maximum atomic E-state index is 6.23. The number of hydrogen-bond donors (Lipinski definition) is 1. The summed E-state index contributed by atoms with van der Waals surface area (Å²) < 4.78 is 8.26. The first-order valence-corrected chi connectivity index (χ1v) is 8.08. The van der Waals surface area contributed by atoms with Crippen molar-refractivity contribution in [1.29, 1.82) is 0 Å². The second-order valence-corrected chi connectivity index (χ2v) is 7.23. The van der Waals surface area contributed by atoms with Gasteiger partial charge in [-0.15, -0.1) is 0 Å². The summed E-state index contributed by atoms with van der Waals surface area (Å²) in [6.07, 6.45) is 6.35. The predicted molar refractivity (Wildman–Crippen MR) is 79.8 cm³/mol. The van der Waals surface area contributed by atoms with E-state index in [2.05, 4.69) is 31.9 Å². The highest BCUT2D eigenvalue weighted by atomic mass is 79.9. The third-order valence-electron chi connectivity index (χ3n) is 4.55. The zero-order valence-corrected chi connectivity index (χ0v) is 13.3. The minimum atomic E-state index is 0.256.